The van der Waals surface area contributed by atoms with Gasteiger partial charge in [0.15, 0.2) is 0 Å². The molecule has 1 aliphatic heterocycles. The lowest BCUT2D eigenvalue weighted by atomic mass is 10.1. The van der Waals surface area contributed by atoms with Crippen molar-refractivity contribution in [2.75, 3.05) is 18.4 Å². The molecule has 3 rings (SSSR count). The normalized spacial score (nSPS) is 14.4. The van der Waals surface area contributed by atoms with Crippen molar-refractivity contribution in [1.29, 1.82) is 0 Å². The number of nitrogens with zero attached hydrogens (tertiary/aromatic N) is 4. The second-order valence-corrected chi connectivity index (χ2v) is 5.32. The van der Waals surface area contributed by atoms with Crippen LogP contribution < -0.4 is 10.9 Å². The molecular formula is C15H17N5O2. The number of aryl methyl sites for hydroxylation is 1. The number of aromatic nitrogens is 3. The molecule has 2 aromatic heterocycles. The van der Waals surface area contributed by atoms with Crippen LogP contribution in [0.15, 0.2) is 35.4 Å². The molecule has 0 saturated heterocycles. The van der Waals surface area contributed by atoms with Crippen LogP contribution in [0.5, 0.6) is 0 Å². The maximum atomic E-state index is 12.1. The number of anilines is 1. The molecule has 0 fully saturated rings. The Morgan fingerprint density at radius 3 is 2.91 bits per heavy atom. The number of hydrogen-bond donors (Lipinski definition) is 1. The van der Waals surface area contributed by atoms with Crippen molar-refractivity contribution < 1.29 is 4.79 Å². The Morgan fingerprint density at radius 1 is 1.36 bits per heavy atom. The van der Waals surface area contributed by atoms with Crippen LogP contribution >= 0.6 is 0 Å². The van der Waals surface area contributed by atoms with Gasteiger partial charge in [-0.1, -0.05) is 0 Å². The zero-order chi connectivity index (χ0) is 15.5. The maximum absolute atomic E-state index is 12.1. The van der Waals surface area contributed by atoms with E-state index in [0.29, 0.717) is 6.54 Å². The molecule has 0 bridgehead atoms. The third-order valence-corrected chi connectivity index (χ3v) is 3.65. The standard InChI is InChI=1S/C15H17N5O2/c1-19-15(22)8-11-9-20(7-4-13(11)18-19)10-14(21)17-12-2-5-16-6-3-12/h2-3,5-6,8H,4,7,9-10H2,1H3,(H,16,17,21). The Morgan fingerprint density at radius 2 is 2.14 bits per heavy atom. The van der Waals surface area contributed by atoms with Crippen LogP contribution in [-0.4, -0.2) is 38.7 Å². The summed E-state index contributed by atoms with van der Waals surface area (Å²) in [6.07, 6.45) is 4.01. The number of fused-ring (bicyclic) bond motifs is 1. The predicted octanol–water partition coefficient (Wildman–Crippen LogP) is 0.172. The highest BCUT2D eigenvalue weighted by Crippen LogP contribution is 2.14. The first-order valence-electron chi connectivity index (χ1n) is 7.10. The summed E-state index contributed by atoms with van der Waals surface area (Å²) < 4.78 is 1.35. The van der Waals surface area contributed by atoms with Crippen molar-refractivity contribution in [2.24, 2.45) is 7.05 Å². The highest BCUT2D eigenvalue weighted by molar-refractivity contribution is 5.92. The lowest BCUT2D eigenvalue weighted by Gasteiger charge is -2.27. The highest BCUT2D eigenvalue weighted by Gasteiger charge is 2.20. The summed E-state index contributed by atoms with van der Waals surface area (Å²) >= 11 is 0. The summed E-state index contributed by atoms with van der Waals surface area (Å²) in [7, 11) is 1.65. The van der Waals surface area contributed by atoms with E-state index in [1.54, 1.807) is 37.6 Å². The van der Waals surface area contributed by atoms with Gasteiger partial charge in [-0.05, 0) is 17.7 Å². The van der Waals surface area contributed by atoms with E-state index in [9.17, 15) is 9.59 Å². The van der Waals surface area contributed by atoms with E-state index < -0.39 is 0 Å². The van der Waals surface area contributed by atoms with Gasteiger partial charge in [-0.25, -0.2) is 4.68 Å². The number of carbonyl (C=O) groups is 1. The summed E-state index contributed by atoms with van der Waals surface area (Å²) in [6, 6.07) is 5.10. The monoisotopic (exact) mass is 299 g/mol. The lowest BCUT2D eigenvalue weighted by Crippen LogP contribution is -2.38. The van der Waals surface area contributed by atoms with Gasteiger partial charge in [-0.2, -0.15) is 5.10 Å². The Labute approximate surface area is 127 Å². The molecule has 0 radical (unpaired) electrons. The molecule has 0 saturated carbocycles. The smallest absolute Gasteiger partial charge is 0.266 e. The van der Waals surface area contributed by atoms with Gasteiger partial charge >= 0.3 is 0 Å². The molecule has 22 heavy (non-hydrogen) atoms. The van der Waals surface area contributed by atoms with E-state index in [-0.39, 0.29) is 18.0 Å². The SMILES string of the molecule is Cn1nc2c(cc1=O)CN(CC(=O)Nc1ccncc1)CC2. The Bertz CT molecular complexity index is 741. The van der Waals surface area contributed by atoms with Crippen molar-refractivity contribution in [1.82, 2.24) is 19.7 Å². The molecule has 0 aromatic carbocycles. The molecule has 114 valence electrons. The molecule has 2 aromatic rings. The molecule has 1 N–H and O–H groups in total. The lowest BCUT2D eigenvalue weighted by molar-refractivity contribution is -0.117. The minimum atomic E-state index is -0.123. The number of rotatable bonds is 3. The van der Waals surface area contributed by atoms with E-state index in [2.05, 4.69) is 15.4 Å². The topological polar surface area (TPSA) is 80.1 Å². The zero-order valence-corrected chi connectivity index (χ0v) is 12.3. The highest BCUT2D eigenvalue weighted by atomic mass is 16.2. The van der Waals surface area contributed by atoms with E-state index in [4.69, 9.17) is 0 Å². The average molecular weight is 299 g/mol. The van der Waals surface area contributed by atoms with Crippen molar-refractivity contribution in [3.8, 4) is 0 Å². The number of nitrogens with one attached hydrogen (secondary N) is 1. The Balaban J connectivity index is 1.64. The summed E-state index contributed by atoms with van der Waals surface area (Å²) in [5.74, 6) is -0.0774. The van der Waals surface area contributed by atoms with Crippen molar-refractivity contribution >= 4 is 11.6 Å². The summed E-state index contributed by atoms with van der Waals surface area (Å²) in [5, 5.41) is 7.10. The van der Waals surface area contributed by atoms with Gasteiger partial charge in [0.2, 0.25) is 5.91 Å². The quantitative estimate of drug-likeness (QED) is 0.874. The van der Waals surface area contributed by atoms with Crippen molar-refractivity contribution in [2.45, 2.75) is 13.0 Å². The van der Waals surface area contributed by atoms with Crippen molar-refractivity contribution in [3.63, 3.8) is 0 Å². The zero-order valence-electron chi connectivity index (χ0n) is 12.3. The van der Waals surface area contributed by atoms with Crippen LogP contribution in [0, 0.1) is 0 Å². The molecule has 7 nitrogen and oxygen atoms in total. The van der Waals surface area contributed by atoms with Gasteiger partial charge < -0.3 is 5.32 Å². The molecule has 1 aliphatic rings. The third kappa shape index (κ3) is 3.20. The summed E-state index contributed by atoms with van der Waals surface area (Å²) in [5.41, 5.74) is 2.45. The summed E-state index contributed by atoms with van der Waals surface area (Å²) in [6.45, 7) is 1.61. The minimum Gasteiger partial charge on any atom is -0.325 e. The molecule has 0 atom stereocenters. The van der Waals surface area contributed by atoms with E-state index in [0.717, 1.165) is 29.9 Å². The summed E-state index contributed by atoms with van der Waals surface area (Å²) in [4.78, 5) is 29.6. The Hall–Kier alpha value is -2.54. The van der Waals surface area contributed by atoms with E-state index in [1.165, 1.54) is 4.68 Å². The molecule has 3 heterocycles. The maximum Gasteiger partial charge on any atom is 0.266 e. The second kappa shape index (κ2) is 6.07. The molecule has 0 spiro atoms. The van der Waals surface area contributed by atoms with Gasteiger partial charge in [-0.3, -0.25) is 19.5 Å². The van der Waals surface area contributed by atoms with Gasteiger partial charge in [-0.15, -0.1) is 0 Å². The van der Waals surface area contributed by atoms with Crippen LogP contribution in [0.2, 0.25) is 0 Å². The number of carbonyl (C=O) groups excluding carboxylic acids is 1. The number of hydrogen-bond acceptors (Lipinski definition) is 5. The predicted molar refractivity (Wildman–Crippen MR) is 81.3 cm³/mol. The molecular weight excluding hydrogens is 282 g/mol. The average Bonchev–Trinajstić information content (AvgIpc) is 2.49. The molecule has 1 amide bonds. The minimum absolute atomic E-state index is 0.0774. The first kappa shape index (κ1) is 14.4. The van der Waals surface area contributed by atoms with Crippen LogP contribution in [0.25, 0.3) is 0 Å². The number of pyridine rings is 1. The van der Waals surface area contributed by atoms with E-state index in [1.807, 2.05) is 4.90 Å². The van der Waals surface area contributed by atoms with Gasteiger partial charge in [0, 0.05) is 50.7 Å². The fourth-order valence-corrected chi connectivity index (χ4v) is 2.53. The van der Waals surface area contributed by atoms with Crippen LogP contribution in [0.4, 0.5) is 5.69 Å². The molecule has 0 unspecified atom stereocenters. The Kier molecular flexibility index (Phi) is 3.97. The van der Waals surface area contributed by atoms with Gasteiger partial charge in [0.25, 0.3) is 5.56 Å². The van der Waals surface area contributed by atoms with Gasteiger partial charge in [0.1, 0.15) is 0 Å². The van der Waals surface area contributed by atoms with E-state index >= 15 is 0 Å². The van der Waals surface area contributed by atoms with Crippen molar-refractivity contribution in [3.05, 3.63) is 52.2 Å². The molecule has 7 heteroatoms. The third-order valence-electron chi connectivity index (χ3n) is 3.65. The van der Waals surface area contributed by atoms with Gasteiger partial charge in [0.05, 0.1) is 12.2 Å². The second-order valence-electron chi connectivity index (χ2n) is 5.32. The fourth-order valence-electron chi connectivity index (χ4n) is 2.53. The molecule has 0 aliphatic carbocycles. The fraction of sp³-hybridized carbons (Fsp3) is 0.333. The number of amides is 1. The first-order chi connectivity index (χ1) is 10.6. The van der Waals surface area contributed by atoms with Crippen LogP contribution in [0.1, 0.15) is 11.3 Å². The van der Waals surface area contributed by atoms with Crippen LogP contribution in [-0.2, 0) is 24.8 Å². The first-order valence-corrected chi connectivity index (χ1v) is 7.10. The largest absolute Gasteiger partial charge is 0.325 e. The van der Waals surface area contributed by atoms with Crippen LogP contribution in [0.3, 0.4) is 0 Å².